The molecule has 0 atom stereocenters. The molecule has 3 heteroatoms. The largest absolute Gasteiger partial charge is 0.462 e. The van der Waals surface area contributed by atoms with Crippen LogP contribution in [0.1, 0.15) is 20.8 Å². The Bertz CT molecular complexity index is 249. The van der Waals surface area contributed by atoms with E-state index in [2.05, 4.69) is 0 Å². The van der Waals surface area contributed by atoms with Crippen molar-refractivity contribution in [1.82, 2.24) is 0 Å². The zero-order valence-electron chi connectivity index (χ0n) is 8.16. The van der Waals surface area contributed by atoms with Crippen molar-refractivity contribution < 1.29 is 14.3 Å². The molecule has 0 N–H and O–H groups in total. The molecule has 0 aromatic carbocycles. The number of esters is 1. The Morgan fingerprint density at radius 3 is 2.38 bits per heavy atom. The molecule has 0 aliphatic rings. The van der Waals surface area contributed by atoms with Crippen LogP contribution in [-0.2, 0) is 14.3 Å². The molecule has 0 unspecified atom stereocenters. The first-order chi connectivity index (χ1) is 6.13. The number of hydrogen-bond donors (Lipinski definition) is 0. The van der Waals surface area contributed by atoms with Gasteiger partial charge in [-0.2, -0.15) is 0 Å². The van der Waals surface area contributed by atoms with Gasteiger partial charge < -0.3 is 4.74 Å². The van der Waals surface area contributed by atoms with Crippen molar-refractivity contribution in [1.29, 1.82) is 0 Å². The van der Waals surface area contributed by atoms with E-state index in [9.17, 15) is 9.59 Å². The fourth-order valence-electron chi connectivity index (χ4n) is 0.730. The lowest BCUT2D eigenvalue weighted by Crippen LogP contribution is -2.13. The number of Topliss-reactive ketones (excluding diaryl/α,β-unsaturated/α-hetero) is 1. The lowest BCUT2D eigenvalue weighted by Gasteiger charge is -2.01. The average molecular weight is 182 g/mol. The number of ketones is 1. The predicted octanol–water partition coefficient (Wildman–Crippen LogP) is 1.64. The third-order valence-electron chi connectivity index (χ3n) is 1.33. The van der Waals surface area contributed by atoms with Crippen molar-refractivity contribution in [2.75, 3.05) is 6.61 Å². The fourth-order valence-corrected chi connectivity index (χ4v) is 0.730. The summed E-state index contributed by atoms with van der Waals surface area (Å²) in [6, 6.07) is 0. The quantitative estimate of drug-likeness (QED) is 0.218. The van der Waals surface area contributed by atoms with E-state index in [0.29, 0.717) is 0 Å². The van der Waals surface area contributed by atoms with Gasteiger partial charge >= 0.3 is 5.97 Å². The van der Waals surface area contributed by atoms with Gasteiger partial charge in [-0.15, -0.1) is 0 Å². The van der Waals surface area contributed by atoms with Crippen LogP contribution in [-0.4, -0.2) is 18.4 Å². The highest BCUT2D eigenvalue weighted by Crippen LogP contribution is 2.00. The summed E-state index contributed by atoms with van der Waals surface area (Å²) in [4.78, 5) is 22.1. The molecule has 0 aliphatic carbocycles. The Labute approximate surface area is 78.1 Å². The van der Waals surface area contributed by atoms with Crippen LogP contribution < -0.4 is 0 Å². The highest BCUT2D eigenvalue weighted by Gasteiger charge is 2.13. The lowest BCUT2D eigenvalue weighted by atomic mass is 10.2. The second-order valence-corrected chi connectivity index (χ2v) is 2.38. The number of hydrogen-bond acceptors (Lipinski definition) is 3. The second-order valence-electron chi connectivity index (χ2n) is 2.38. The Kier molecular flexibility index (Phi) is 5.52. The maximum Gasteiger partial charge on any atom is 0.341 e. The summed E-state index contributed by atoms with van der Waals surface area (Å²) in [5.74, 6) is -0.843. The molecule has 3 nitrogen and oxygen atoms in total. The maximum absolute atomic E-state index is 11.1. The van der Waals surface area contributed by atoms with Gasteiger partial charge in [0.1, 0.15) is 5.57 Å². The van der Waals surface area contributed by atoms with Crippen LogP contribution in [0.3, 0.4) is 0 Å². The van der Waals surface area contributed by atoms with Crippen molar-refractivity contribution in [3.05, 3.63) is 23.8 Å². The molecule has 0 heterocycles. The Balaban J connectivity index is 4.61. The minimum absolute atomic E-state index is 0.0833. The SMILES string of the molecule is C/C=C\C=C(\C(C)=O)C(=O)OCC. The Morgan fingerprint density at radius 2 is 2.00 bits per heavy atom. The van der Waals surface area contributed by atoms with E-state index in [1.165, 1.54) is 13.0 Å². The first-order valence-electron chi connectivity index (χ1n) is 4.14. The van der Waals surface area contributed by atoms with Crippen LogP contribution in [0.25, 0.3) is 0 Å². The lowest BCUT2D eigenvalue weighted by molar-refractivity contribution is -0.139. The summed E-state index contributed by atoms with van der Waals surface area (Å²) in [5.41, 5.74) is 0.0833. The molecule has 72 valence electrons. The third kappa shape index (κ3) is 4.25. The fraction of sp³-hybridized carbons (Fsp3) is 0.400. The Hall–Kier alpha value is -1.38. The van der Waals surface area contributed by atoms with E-state index >= 15 is 0 Å². The minimum atomic E-state index is -0.562. The minimum Gasteiger partial charge on any atom is -0.462 e. The molecule has 0 saturated heterocycles. The summed E-state index contributed by atoms with van der Waals surface area (Å²) in [6.07, 6.45) is 4.83. The summed E-state index contributed by atoms with van der Waals surface area (Å²) >= 11 is 0. The van der Waals surface area contributed by atoms with E-state index in [1.807, 2.05) is 0 Å². The normalized spacial score (nSPS) is 11.8. The molecule has 0 spiro atoms. The van der Waals surface area contributed by atoms with Gasteiger partial charge in [-0.05, 0) is 26.8 Å². The summed E-state index contributed by atoms with van der Waals surface area (Å²) < 4.78 is 4.70. The first-order valence-corrected chi connectivity index (χ1v) is 4.14. The molecule has 0 radical (unpaired) electrons. The van der Waals surface area contributed by atoms with E-state index in [0.717, 1.165) is 0 Å². The molecule has 0 aromatic heterocycles. The van der Waals surface area contributed by atoms with Gasteiger partial charge in [-0.25, -0.2) is 4.79 Å². The maximum atomic E-state index is 11.1. The van der Waals surface area contributed by atoms with Gasteiger partial charge in [0.2, 0.25) is 0 Å². The van der Waals surface area contributed by atoms with Gasteiger partial charge in [-0.1, -0.05) is 12.2 Å². The molecule has 0 saturated carbocycles. The molecule has 0 aromatic rings. The summed E-state index contributed by atoms with van der Waals surface area (Å²) in [6.45, 7) is 5.12. The predicted molar refractivity (Wildman–Crippen MR) is 50.2 cm³/mol. The molecule has 0 bridgehead atoms. The van der Waals surface area contributed by atoms with Gasteiger partial charge in [0.05, 0.1) is 6.61 Å². The monoisotopic (exact) mass is 182 g/mol. The summed E-state index contributed by atoms with van der Waals surface area (Å²) in [5, 5.41) is 0. The van der Waals surface area contributed by atoms with E-state index in [4.69, 9.17) is 4.74 Å². The zero-order valence-corrected chi connectivity index (χ0v) is 8.16. The number of rotatable bonds is 4. The van der Waals surface area contributed by atoms with E-state index in [1.54, 1.807) is 26.0 Å². The number of ether oxygens (including phenoxy) is 1. The Morgan fingerprint density at radius 1 is 1.38 bits per heavy atom. The molecular formula is C10H14O3. The number of allylic oxidation sites excluding steroid dienone is 3. The van der Waals surface area contributed by atoms with E-state index < -0.39 is 5.97 Å². The smallest absolute Gasteiger partial charge is 0.341 e. The molecule has 13 heavy (non-hydrogen) atoms. The number of carbonyl (C=O) groups is 2. The molecular weight excluding hydrogens is 168 g/mol. The highest BCUT2D eigenvalue weighted by molar-refractivity contribution is 6.16. The summed E-state index contributed by atoms with van der Waals surface area (Å²) in [7, 11) is 0. The van der Waals surface area contributed by atoms with Crippen LogP contribution >= 0.6 is 0 Å². The first kappa shape index (κ1) is 11.6. The zero-order chi connectivity index (χ0) is 10.3. The van der Waals surface area contributed by atoms with Gasteiger partial charge in [0.25, 0.3) is 0 Å². The van der Waals surface area contributed by atoms with Crippen LogP contribution in [0.4, 0.5) is 0 Å². The molecule has 0 fully saturated rings. The topological polar surface area (TPSA) is 43.4 Å². The van der Waals surface area contributed by atoms with Crippen molar-refractivity contribution in [3.63, 3.8) is 0 Å². The van der Waals surface area contributed by atoms with Crippen molar-refractivity contribution in [2.45, 2.75) is 20.8 Å². The second kappa shape index (κ2) is 6.17. The van der Waals surface area contributed by atoms with Crippen LogP contribution in [0.15, 0.2) is 23.8 Å². The van der Waals surface area contributed by atoms with Crippen LogP contribution in [0.2, 0.25) is 0 Å². The van der Waals surface area contributed by atoms with Gasteiger partial charge in [0.15, 0.2) is 5.78 Å². The molecule has 0 amide bonds. The van der Waals surface area contributed by atoms with Crippen molar-refractivity contribution in [2.24, 2.45) is 0 Å². The van der Waals surface area contributed by atoms with Crippen molar-refractivity contribution >= 4 is 11.8 Å². The molecule has 0 aliphatic heterocycles. The number of carbonyl (C=O) groups excluding carboxylic acids is 2. The highest BCUT2D eigenvalue weighted by atomic mass is 16.5. The standard InChI is InChI=1S/C10H14O3/c1-4-6-7-9(8(3)11)10(12)13-5-2/h4,6-7H,5H2,1-3H3/b6-4-,9-7-. The van der Waals surface area contributed by atoms with Gasteiger partial charge in [-0.3, -0.25) is 4.79 Å². The van der Waals surface area contributed by atoms with Gasteiger partial charge in [0, 0.05) is 0 Å². The van der Waals surface area contributed by atoms with Crippen molar-refractivity contribution in [3.8, 4) is 0 Å². The molecule has 0 rings (SSSR count). The third-order valence-corrected chi connectivity index (χ3v) is 1.33. The van der Waals surface area contributed by atoms with E-state index in [-0.39, 0.29) is 18.0 Å². The van der Waals surface area contributed by atoms with Crippen LogP contribution in [0.5, 0.6) is 0 Å². The average Bonchev–Trinajstić information content (AvgIpc) is 2.05. The van der Waals surface area contributed by atoms with Crippen LogP contribution in [0, 0.1) is 0 Å².